The van der Waals surface area contributed by atoms with Crippen molar-refractivity contribution >= 4 is 17.6 Å². The fourth-order valence-electron chi connectivity index (χ4n) is 4.60. The van der Waals surface area contributed by atoms with Crippen molar-refractivity contribution in [2.24, 2.45) is 11.8 Å². The molecule has 30 heavy (non-hydrogen) atoms. The van der Waals surface area contributed by atoms with Crippen LogP contribution in [0.1, 0.15) is 40.2 Å². The molecular weight excluding hydrogens is 380 g/mol. The maximum atomic E-state index is 13.1. The monoisotopic (exact) mass is 402 g/mol. The number of carbonyl (C=O) groups is 2. The van der Waals surface area contributed by atoms with Gasteiger partial charge in [0.15, 0.2) is 5.69 Å². The number of nitrogens with zero attached hydrogens (tertiary/aromatic N) is 3. The van der Waals surface area contributed by atoms with Crippen LogP contribution in [-0.4, -0.2) is 35.0 Å². The summed E-state index contributed by atoms with van der Waals surface area (Å²) in [4.78, 5) is 31.9. The standard InChI is InChI=1S/C23H22N4O3/c1-13-18-16-9-6-10-24-21(16)27(2)23(29)20(19(13)18)25-22(28)17-12-15(30-26-17)11-14-7-4-3-5-8-14/h3-10,12-13,18-20H,11H2,1-2H3,(H,25,28)/t13?,18?,19?,20-/m0/s1. The molecule has 2 aliphatic rings. The van der Waals surface area contributed by atoms with Crippen LogP contribution in [0.5, 0.6) is 0 Å². The molecule has 3 heterocycles. The second-order valence-electron chi connectivity index (χ2n) is 8.07. The van der Waals surface area contributed by atoms with Gasteiger partial charge in [0, 0.05) is 25.7 Å². The number of rotatable bonds is 4. The van der Waals surface area contributed by atoms with E-state index >= 15 is 0 Å². The third-order valence-corrected chi connectivity index (χ3v) is 6.22. The van der Waals surface area contributed by atoms with Gasteiger partial charge in [-0.3, -0.25) is 14.5 Å². The van der Waals surface area contributed by atoms with Crippen molar-refractivity contribution in [3.63, 3.8) is 0 Å². The lowest BCUT2D eigenvalue weighted by atomic mass is 10.1. The molecule has 1 aliphatic carbocycles. The highest BCUT2D eigenvalue weighted by Crippen LogP contribution is 2.58. The van der Waals surface area contributed by atoms with E-state index in [-0.39, 0.29) is 23.4 Å². The van der Waals surface area contributed by atoms with Gasteiger partial charge in [-0.25, -0.2) is 4.98 Å². The van der Waals surface area contributed by atoms with Crippen molar-refractivity contribution in [3.8, 4) is 0 Å². The van der Waals surface area contributed by atoms with Crippen LogP contribution in [0.2, 0.25) is 0 Å². The number of benzene rings is 1. The molecule has 7 heteroatoms. The second-order valence-corrected chi connectivity index (χ2v) is 8.07. The van der Waals surface area contributed by atoms with Gasteiger partial charge >= 0.3 is 0 Å². The van der Waals surface area contributed by atoms with Crippen molar-refractivity contribution in [1.29, 1.82) is 0 Å². The molecule has 0 spiro atoms. The Labute approximate surface area is 174 Å². The molecule has 4 atom stereocenters. The molecule has 0 saturated heterocycles. The van der Waals surface area contributed by atoms with Gasteiger partial charge in [0.1, 0.15) is 17.6 Å². The lowest BCUT2D eigenvalue weighted by molar-refractivity contribution is -0.120. The summed E-state index contributed by atoms with van der Waals surface area (Å²) in [6.07, 6.45) is 2.24. The normalized spacial score (nSPS) is 24.6. The van der Waals surface area contributed by atoms with Gasteiger partial charge in [0.25, 0.3) is 11.8 Å². The van der Waals surface area contributed by atoms with Gasteiger partial charge in [-0.05, 0) is 34.9 Å². The summed E-state index contributed by atoms with van der Waals surface area (Å²) in [6.45, 7) is 2.11. The van der Waals surface area contributed by atoms with Gasteiger partial charge in [-0.1, -0.05) is 48.5 Å². The first-order chi connectivity index (χ1) is 14.5. The van der Waals surface area contributed by atoms with Gasteiger partial charge in [0.2, 0.25) is 0 Å². The minimum atomic E-state index is -0.619. The minimum Gasteiger partial charge on any atom is -0.360 e. The highest BCUT2D eigenvalue weighted by Gasteiger charge is 2.58. The van der Waals surface area contributed by atoms with Crippen LogP contribution in [0.3, 0.4) is 0 Å². The number of anilines is 1. The highest BCUT2D eigenvalue weighted by molar-refractivity contribution is 6.02. The number of aromatic nitrogens is 2. The number of fused-ring (bicyclic) bond motifs is 3. The molecule has 2 aromatic heterocycles. The van der Waals surface area contributed by atoms with E-state index in [1.165, 1.54) is 0 Å². The minimum absolute atomic E-state index is 0.0463. The van der Waals surface area contributed by atoms with E-state index in [4.69, 9.17) is 4.52 Å². The van der Waals surface area contributed by atoms with Crippen LogP contribution in [0.4, 0.5) is 5.82 Å². The number of carbonyl (C=O) groups excluding carboxylic acids is 2. The topological polar surface area (TPSA) is 88.3 Å². The molecule has 0 bridgehead atoms. The van der Waals surface area contributed by atoms with Crippen LogP contribution in [-0.2, 0) is 11.2 Å². The molecule has 5 rings (SSSR count). The summed E-state index contributed by atoms with van der Waals surface area (Å²) in [5.74, 6) is 1.26. The summed E-state index contributed by atoms with van der Waals surface area (Å²) < 4.78 is 5.34. The molecule has 2 amide bonds. The van der Waals surface area contributed by atoms with Crippen molar-refractivity contribution in [3.05, 3.63) is 77.3 Å². The van der Waals surface area contributed by atoms with E-state index in [9.17, 15) is 9.59 Å². The van der Waals surface area contributed by atoms with Crippen LogP contribution in [0.15, 0.2) is 59.3 Å². The number of likely N-dealkylation sites (N-methyl/N-ethyl adjacent to an activating group) is 1. The zero-order chi connectivity index (χ0) is 20.8. The Balaban J connectivity index is 1.35. The smallest absolute Gasteiger partial charge is 0.274 e. The molecule has 0 radical (unpaired) electrons. The van der Waals surface area contributed by atoms with Gasteiger partial charge in [-0.2, -0.15) is 0 Å². The molecule has 1 aromatic carbocycles. The Bertz CT molecular complexity index is 1110. The van der Waals surface area contributed by atoms with Gasteiger partial charge in [0.05, 0.1) is 0 Å². The molecule has 1 saturated carbocycles. The van der Waals surface area contributed by atoms with Crippen LogP contribution in [0, 0.1) is 11.8 Å². The number of hydrogen-bond acceptors (Lipinski definition) is 5. The fraction of sp³-hybridized carbons (Fsp3) is 0.304. The number of hydrogen-bond donors (Lipinski definition) is 1. The predicted octanol–water partition coefficient (Wildman–Crippen LogP) is 2.78. The summed E-state index contributed by atoms with van der Waals surface area (Å²) >= 11 is 0. The third kappa shape index (κ3) is 3.07. The van der Waals surface area contributed by atoms with Gasteiger partial charge < -0.3 is 9.84 Å². The molecule has 1 fully saturated rings. The third-order valence-electron chi connectivity index (χ3n) is 6.22. The molecule has 1 N–H and O–H groups in total. The lowest BCUT2D eigenvalue weighted by Gasteiger charge is -2.23. The Kier molecular flexibility index (Phi) is 4.38. The summed E-state index contributed by atoms with van der Waals surface area (Å²) in [5, 5.41) is 6.83. The van der Waals surface area contributed by atoms with Crippen LogP contribution in [0.25, 0.3) is 0 Å². The summed E-state index contributed by atoms with van der Waals surface area (Å²) in [5.41, 5.74) is 2.32. The molecule has 3 aromatic rings. The van der Waals surface area contributed by atoms with Crippen molar-refractivity contribution < 1.29 is 14.1 Å². The average Bonchev–Trinajstić information content (AvgIpc) is 3.21. The zero-order valence-corrected chi connectivity index (χ0v) is 16.8. The SMILES string of the molecule is CC1C2c3cccnc3N(C)C(=O)[C@@H](NC(=O)c3cc(Cc4ccccc4)on3)C12. The first kappa shape index (κ1) is 18.5. The quantitative estimate of drug-likeness (QED) is 0.725. The summed E-state index contributed by atoms with van der Waals surface area (Å²) in [6, 6.07) is 14.8. The van der Waals surface area contributed by atoms with Crippen molar-refractivity contribution in [2.75, 3.05) is 11.9 Å². The number of pyridine rings is 1. The Morgan fingerprint density at radius 3 is 2.80 bits per heavy atom. The zero-order valence-electron chi connectivity index (χ0n) is 16.8. The maximum Gasteiger partial charge on any atom is 0.274 e. The Hall–Kier alpha value is -3.48. The molecule has 152 valence electrons. The average molecular weight is 402 g/mol. The van der Waals surface area contributed by atoms with Crippen LogP contribution >= 0.6 is 0 Å². The Morgan fingerprint density at radius 1 is 1.20 bits per heavy atom. The predicted molar refractivity (Wildman–Crippen MR) is 110 cm³/mol. The molecular formula is C23H22N4O3. The van der Waals surface area contributed by atoms with E-state index < -0.39 is 11.9 Å². The van der Waals surface area contributed by atoms with E-state index in [0.29, 0.717) is 23.9 Å². The lowest BCUT2D eigenvalue weighted by Crippen LogP contribution is -2.49. The second kappa shape index (κ2) is 7.09. The van der Waals surface area contributed by atoms with E-state index in [2.05, 4.69) is 22.4 Å². The Morgan fingerprint density at radius 2 is 2.00 bits per heavy atom. The number of nitrogens with one attached hydrogen (secondary N) is 1. The first-order valence-electron chi connectivity index (χ1n) is 10.1. The van der Waals surface area contributed by atoms with E-state index in [1.807, 2.05) is 42.5 Å². The van der Waals surface area contributed by atoms with E-state index in [0.717, 1.165) is 11.1 Å². The molecule has 3 unspecified atom stereocenters. The first-order valence-corrected chi connectivity index (χ1v) is 10.1. The fourth-order valence-corrected chi connectivity index (χ4v) is 4.60. The molecule has 1 aliphatic heterocycles. The molecule has 7 nitrogen and oxygen atoms in total. The van der Waals surface area contributed by atoms with Crippen molar-refractivity contribution in [1.82, 2.24) is 15.5 Å². The largest absolute Gasteiger partial charge is 0.360 e. The maximum absolute atomic E-state index is 13.1. The summed E-state index contributed by atoms with van der Waals surface area (Å²) in [7, 11) is 1.71. The van der Waals surface area contributed by atoms with E-state index in [1.54, 1.807) is 24.2 Å². The number of amides is 2. The highest BCUT2D eigenvalue weighted by atomic mass is 16.5. The van der Waals surface area contributed by atoms with Crippen LogP contribution < -0.4 is 10.2 Å². The van der Waals surface area contributed by atoms with Crippen molar-refractivity contribution in [2.45, 2.75) is 25.3 Å². The van der Waals surface area contributed by atoms with Gasteiger partial charge in [-0.15, -0.1) is 0 Å².